The van der Waals surface area contributed by atoms with Crippen molar-refractivity contribution in [1.29, 1.82) is 0 Å². The van der Waals surface area contributed by atoms with Gasteiger partial charge in [-0.3, -0.25) is 9.36 Å². The van der Waals surface area contributed by atoms with Gasteiger partial charge in [-0.15, -0.1) is 6.58 Å². The number of esters is 2. The Morgan fingerprint density at radius 1 is 0.926 bits per heavy atom. The molecule has 3 aromatic carbocycles. The molecular formula is C40H40Cl2N2O9S. The first-order chi connectivity index (χ1) is 26.0. The summed E-state index contributed by atoms with van der Waals surface area (Å²) in [6, 6.07) is 13.1. The summed E-state index contributed by atoms with van der Waals surface area (Å²) < 4.78 is 35.9. The number of hydrogen-bond donors (Lipinski definition) is 0. The summed E-state index contributed by atoms with van der Waals surface area (Å²) in [5.74, 6) is 0.480. The fourth-order valence-corrected chi connectivity index (χ4v) is 7.19. The summed E-state index contributed by atoms with van der Waals surface area (Å²) in [5.41, 5.74) is 3.10. The number of fused-ring (bicyclic) bond motifs is 1. The SMILES string of the molecule is C=CCc1cc(/C=c2\sc3n(c2=O)[C@@H](c2ccc(OCC(=O)OC)c(OCC)c2)C(C(=O)OCC)=C(C)N=3)cc(OCC)c1OCc1ccc(Cl)c(Cl)c1. The quantitative estimate of drug-likeness (QED) is 0.0894. The Labute approximate surface area is 326 Å². The molecule has 5 rings (SSSR count). The number of methoxy groups -OCH3 is 1. The van der Waals surface area contributed by atoms with E-state index in [4.69, 9.17) is 56.6 Å². The van der Waals surface area contributed by atoms with Crippen LogP contribution in [0.4, 0.5) is 0 Å². The second-order valence-electron chi connectivity index (χ2n) is 11.8. The maximum absolute atomic E-state index is 14.4. The van der Waals surface area contributed by atoms with Gasteiger partial charge in [-0.2, -0.15) is 0 Å². The van der Waals surface area contributed by atoms with Crippen LogP contribution in [-0.4, -0.2) is 50.0 Å². The van der Waals surface area contributed by atoms with Gasteiger partial charge in [-0.05, 0) is 93.3 Å². The third kappa shape index (κ3) is 9.00. The summed E-state index contributed by atoms with van der Waals surface area (Å²) >= 11 is 13.5. The molecule has 0 fully saturated rings. The van der Waals surface area contributed by atoms with Crippen LogP contribution in [0.1, 0.15) is 56.0 Å². The Hall–Kier alpha value is -5.04. The van der Waals surface area contributed by atoms with Crippen LogP contribution >= 0.6 is 34.5 Å². The molecule has 1 aromatic heterocycles. The van der Waals surface area contributed by atoms with Crippen LogP contribution in [0.25, 0.3) is 6.08 Å². The van der Waals surface area contributed by atoms with Crippen LogP contribution < -0.4 is 33.8 Å². The lowest BCUT2D eigenvalue weighted by atomic mass is 9.95. The number of hydrogen-bond acceptors (Lipinski definition) is 11. The van der Waals surface area contributed by atoms with E-state index in [0.29, 0.717) is 72.2 Å². The molecule has 54 heavy (non-hydrogen) atoms. The minimum Gasteiger partial charge on any atom is -0.490 e. The maximum atomic E-state index is 14.4. The number of halogens is 2. The summed E-state index contributed by atoms with van der Waals surface area (Å²) in [6.07, 6.45) is 3.98. The monoisotopic (exact) mass is 794 g/mol. The van der Waals surface area contributed by atoms with Crippen molar-refractivity contribution in [1.82, 2.24) is 4.57 Å². The van der Waals surface area contributed by atoms with Gasteiger partial charge in [0.25, 0.3) is 5.56 Å². The van der Waals surface area contributed by atoms with Crippen molar-refractivity contribution in [3.8, 4) is 23.0 Å². The van der Waals surface area contributed by atoms with E-state index in [1.54, 1.807) is 63.3 Å². The van der Waals surface area contributed by atoms with Crippen molar-refractivity contribution < 1.29 is 38.0 Å². The molecule has 0 saturated heterocycles. The molecule has 0 amide bonds. The van der Waals surface area contributed by atoms with Gasteiger partial charge in [-0.25, -0.2) is 14.6 Å². The zero-order valence-corrected chi connectivity index (χ0v) is 32.9. The number of benzene rings is 3. The van der Waals surface area contributed by atoms with Gasteiger partial charge < -0.3 is 28.4 Å². The van der Waals surface area contributed by atoms with Gasteiger partial charge in [0.05, 0.1) is 58.8 Å². The largest absolute Gasteiger partial charge is 0.490 e. The first kappa shape index (κ1) is 40.2. The van der Waals surface area contributed by atoms with Gasteiger partial charge >= 0.3 is 11.9 Å². The second kappa shape index (κ2) is 18.3. The zero-order valence-electron chi connectivity index (χ0n) is 30.5. The van der Waals surface area contributed by atoms with Crippen molar-refractivity contribution in [2.45, 2.75) is 46.8 Å². The van der Waals surface area contributed by atoms with Crippen LogP contribution in [0.2, 0.25) is 10.0 Å². The van der Waals surface area contributed by atoms with Crippen LogP contribution in [0.5, 0.6) is 23.0 Å². The lowest BCUT2D eigenvalue weighted by Gasteiger charge is -2.25. The van der Waals surface area contributed by atoms with E-state index in [1.807, 2.05) is 25.1 Å². The number of carbonyl (C=O) groups excluding carboxylic acids is 2. The topological polar surface area (TPSA) is 124 Å². The van der Waals surface area contributed by atoms with Crippen molar-refractivity contribution >= 4 is 52.6 Å². The lowest BCUT2D eigenvalue weighted by Crippen LogP contribution is -2.40. The van der Waals surface area contributed by atoms with Gasteiger partial charge in [0.2, 0.25) is 0 Å². The normalized spacial score (nSPS) is 13.8. The molecule has 0 spiro atoms. The van der Waals surface area contributed by atoms with Gasteiger partial charge in [0.15, 0.2) is 34.4 Å². The molecule has 0 N–H and O–H groups in total. The number of rotatable bonds is 16. The van der Waals surface area contributed by atoms with Gasteiger partial charge in [0, 0.05) is 5.56 Å². The highest BCUT2D eigenvalue weighted by atomic mass is 35.5. The Bertz CT molecular complexity index is 2280. The Morgan fingerprint density at radius 3 is 2.37 bits per heavy atom. The standard InChI is InChI=1S/C40H40Cl2N2O9S/c1-7-11-27-16-25(18-32(50-9-3)37(27)53-21-24-12-14-28(41)29(42)17-24)19-33-38(46)44-36(35(39(47)51-10-4)23(5)43-40(44)54-33)26-13-15-30(31(20-26)49-8-2)52-22-34(45)48-6/h7,12-20,36H,1,8-11,21-22H2,2-6H3/b33-19-/t36-/m0/s1. The summed E-state index contributed by atoms with van der Waals surface area (Å²) in [7, 11) is 1.27. The van der Waals surface area contributed by atoms with E-state index in [9.17, 15) is 14.4 Å². The minimum atomic E-state index is -0.913. The van der Waals surface area contributed by atoms with Crippen molar-refractivity contribution in [3.05, 3.63) is 124 Å². The molecule has 4 aromatic rings. The summed E-state index contributed by atoms with van der Waals surface area (Å²) in [5, 5.41) is 0.875. The third-order valence-electron chi connectivity index (χ3n) is 8.16. The van der Waals surface area contributed by atoms with Crippen LogP contribution in [0.15, 0.2) is 82.2 Å². The van der Waals surface area contributed by atoms with Crippen LogP contribution in [0.3, 0.4) is 0 Å². The number of thiazole rings is 1. The number of carbonyl (C=O) groups is 2. The molecule has 1 aliphatic heterocycles. The van der Waals surface area contributed by atoms with Crippen LogP contribution in [-0.2, 0) is 32.1 Å². The van der Waals surface area contributed by atoms with Crippen LogP contribution in [0, 0.1) is 0 Å². The smallest absolute Gasteiger partial charge is 0.343 e. The maximum Gasteiger partial charge on any atom is 0.343 e. The van der Waals surface area contributed by atoms with E-state index in [-0.39, 0.29) is 37.6 Å². The fraction of sp³-hybridized carbons (Fsp3) is 0.300. The number of nitrogens with zero attached hydrogens (tertiary/aromatic N) is 2. The third-order valence-corrected chi connectivity index (χ3v) is 9.88. The summed E-state index contributed by atoms with van der Waals surface area (Å²) in [4.78, 5) is 44.8. The zero-order chi connectivity index (χ0) is 38.9. The first-order valence-electron chi connectivity index (χ1n) is 17.2. The average Bonchev–Trinajstić information content (AvgIpc) is 3.45. The lowest BCUT2D eigenvalue weighted by molar-refractivity contribution is -0.143. The molecule has 0 bridgehead atoms. The van der Waals surface area contributed by atoms with Gasteiger partial charge in [0.1, 0.15) is 6.61 Å². The molecule has 1 atom stereocenters. The van der Waals surface area contributed by atoms with E-state index in [0.717, 1.165) is 11.1 Å². The predicted octanol–water partition coefficient (Wildman–Crippen LogP) is 6.76. The molecule has 11 nitrogen and oxygen atoms in total. The molecule has 2 heterocycles. The molecule has 0 aliphatic carbocycles. The fourth-order valence-electron chi connectivity index (χ4n) is 5.82. The van der Waals surface area contributed by atoms with Gasteiger partial charge in [-0.1, -0.05) is 52.7 Å². The molecule has 1 aliphatic rings. The number of aromatic nitrogens is 1. The first-order valence-corrected chi connectivity index (χ1v) is 18.7. The predicted molar refractivity (Wildman–Crippen MR) is 208 cm³/mol. The highest BCUT2D eigenvalue weighted by Crippen LogP contribution is 2.38. The molecule has 0 unspecified atom stereocenters. The van der Waals surface area contributed by atoms with E-state index in [1.165, 1.54) is 23.0 Å². The highest BCUT2D eigenvalue weighted by molar-refractivity contribution is 7.07. The molecular weight excluding hydrogens is 755 g/mol. The summed E-state index contributed by atoms with van der Waals surface area (Å²) in [6.45, 7) is 11.7. The number of ether oxygens (including phenoxy) is 6. The molecule has 0 radical (unpaired) electrons. The molecule has 284 valence electrons. The Balaban J connectivity index is 1.62. The molecule has 14 heteroatoms. The average molecular weight is 796 g/mol. The Kier molecular flexibility index (Phi) is 13.6. The highest BCUT2D eigenvalue weighted by Gasteiger charge is 2.34. The van der Waals surface area contributed by atoms with E-state index in [2.05, 4.69) is 6.58 Å². The van der Waals surface area contributed by atoms with Crippen molar-refractivity contribution in [3.63, 3.8) is 0 Å². The minimum absolute atomic E-state index is 0.125. The van der Waals surface area contributed by atoms with E-state index < -0.39 is 18.0 Å². The Morgan fingerprint density at radius 2 is 1.69 bits per heavy atom. The molecule has 0 saturated carbocycles. The van der Waals surface area contributed by atoms with Crippen molar-refractivity contribution in [2.24, 2.45) is 4.99 Å². The van der Waals surface area contributed by atoms with Crippen molar-refractivity contribution in [2.75, 3.05) is 33.5 Å². The number of allylic oxidation sites excluding steroid dienone is 2. The second-order valence-corrected chi connectivity index (χ2v) is 13.6. The van der Waals surface area contributed by atoms with E-state index >= 15 is 0 Å².